The van der Waals surface area contributed by atoms with Gasteiger partial charge in [-0.15, -0.1) is 0 Å². The van der Waals surface area contributed by atoms with Gasteiger partial charge in [-0.05, 0) is 97.0 Å². The summed E-state index contributed by atoms with van der Waals surface area (Å²) in [6, 6.07) is 56.7. The van der Waals surface area contributed by atoms with Crippen molar-refractivity contribution in [3.05, 3.63) is 158 Å². The Morgan fingerprint density at radius 1 is 0.292 bits per heavy atom. The number of para-hydroxylation sites is 1. The normalized spacial score (nSPS) is 12.2. The van der Waals surface area contributed by atoms with Gasteiger partial charge in [0.15, 0.2) is 0 Å². The van der Waals surface area contributed by atoms with E-state index in [-0.39, 0.29) is 0 Å². The zero-order valence-electron chi connectivity index (χ0n) is 25.8. The van der Waals surface area contributed by atoms with Crippen LogP contribution in [0.25, 0.3) is 109 Å². The Bertz CT molecular complexity index is 3060. The summed E-state index contributed by atoms with van der Waals surface area (Å²) in [5.74, 6) is 0. The van der Waals surface area contributed by atoms with Crippen LogP contribution in [0.15, 0.2) is 167 Å². The molecule has 0 aliphatic carbocycles. The van der Waals surface area contributed by atoms with E-state index < -0.39 is 0 Å². The maximum Gasteiger partial charge on any atom is 0.143 e. The maximum absolute atomic E-state index is 6.63. The minimum Gasteiger partial charge on any atom is -0.455 e. The van der Waals surface area contributed by atoms with Gasteiger partial charge in [-0.25, -0.2) is 0 Å². The molecule has 48 heavy (non-hydrogen) atoms. The van der Waals surface area contributed by atoms with E-state index >= 15 is 0 Å². The van der Waals surface area contributed by atoms with Crippen LogP contribution in [0.1, 0.15) is 0 Å². The minimum atomic E-state index is 0.881. The van der Waals surface area contributed by atoms with Gasteiger partial charge in [0.05, 0.1) is 0 Å². The van der Waals surface area contributed by atoms with Crippen LogP contribution in [0.3, 0.4) is 0 Å². The summed E-state index contributed by atoms with van der Waals surface area (Å²) in [5, 5.41) is 14.1. The molecule has 0 radical (unpaired) electrons. The summed E-state index contributed by atoms with van der Waals surface area (Å²) in [4.78, 5) is 0. The van der Waals surface area contributed by atoms with Crippen molar-refractivity contribution >= 4 is 87.0 Å². The Labute approximate surface area is 275 Å². The molecule has 2 aromatic heterocycles. The Hall–Kier alpha value is -6.38. The van der Waals surface area contributed by atoms with Crippen molar-refractivity contribution in [3.63, 3.8) is 0 Å². The summed E-state index contributed by atoms with van der Waals surface area (Å²) in [7, 11) is 0. The third-order valence-electron chi connectivity index (χ3n) is 10.3. The average molecular weight is 611 g/mol. The predicted octanol–water partition coefficient (Wildman–Crippen LogP) is 13.4. The molecule has 0 amide bonds. The van der Waals surface area contributed by atoms with Gasteiger partial charge in [-0.1, -0.05) is 115 Å². The van der Waals surface area contributed by atoms with E-state index in [1.165, 1.54) is 54.6 Å². The minimum absolute atomic E-state index is 0.881. The summed E-state index contributed by atoms with van der Waals surface area (Å²) in [5.41, 5.74) is 8.53. The topological polar surface area (TPSA) is 26.3 Å². The maximum atomic E-state index is 6.63. The molecule has 11 rings (SSSR count). The van der Waals surface area contributed by atoms with Crippen LogP contribution in [0.5, 0.6) is 0 Å². The smallest absolute Gasteiger partial charge is 0.143 e. The Kier molecular flexibility index (Phi) is 5.14. The monoisotopic (exact) mass is 610 g/mol. The molecular weight excluding hydrogens is 585 g/mol. The third kappa shape index (κ3) is 3.46. The molecule has 0 N–H and O–H groups in total. The van der Waals surface area contributed by atoms with Gasteiger partial charge in [0.1, 0.15) is 22.3 Å². The molecule has 0 bridgehead atoms. The van der Waals surface area contributed by atoms with Crippen molar-refractivity contribution in [2.24, 2.45) is 0 Å². The highest BCUT2D eigenvalue weighted by Crippen LogP contribution is 2.47. The van der Waals surface area contributed by atoms with Crippen LogP contribution in [0.4, 0.5) is 0 Å². The van der Waals surface area contributed by atoms with E-state index in [4.69, 9.17) is 8.83 Å². The molecule has 9 aromatic carbocycles. The fourth-order valence-corrected chi connectivity index (χ4v) is 8.15. The van der Waals surface area contributed by atoms with Crippen molar-refractivity contribution in [2.45, 2.75) is 0 Å². The van der Waals surface area contributed by atoms with Gasteiger partial charge >= 0.3 is 0 Å². The second-order valence-corrected chi connectivity index (χ2v) is 12.8. The molecule has 0 aliphatic rings. The van der Waals surface area contributed by atoms with Crippen LogP contribution >= 0.6 is 0 Å². The van der Waals surface area contributed by atoms with Gasteiger partial charge in [0, 0.05) is 32.3 Å². The standard InChI is InChI=1S/C46H26O2/c1-2-12-29-27(10-1)11-9-18-31(29)44-34-16-5-3-14-32(34)43(33-15-4-6-17-35(33)44)28-20-25-42-40(26-28)39-24-23-37-38(46(39)48-42)22-21-36-30-13-7-8-19-41(30)47-45(36)37/h1-26H. The molecule has 0 unspecified atom stereocenters. The van der Waals surface area contributed by atoms with Gasteiger partial charge in [-0.3, -0.25) is 0 Å². The lowest BCUT2D eigenvalue weighted by molar-refractivity contribution is 0.669. The van der Waals surface area contributed by atoms with Crippen molar-refractivity contribution in [1.29, 1.82) is 0 Å². The number of furan rings is 2. The molecule has 0 aliphatic heterocycles. The number of hydrogen-bond donors (Lipinski definition) is 0. The molecule has 2 heterocycles. The van der Waals surface area contributed by atoms with E-state index in [1.54, 1.807) is 0 Å². The Morgan fingerprint density at radius 2 is 0.771 bits per heavy atom. The van der Waals surface area contributed by atoms with Gasteiger partial charge in [0.25, 0.3) is 0 Å². The molecular formula is C46H26O2. The molecule has 11 aromatic rings. The van der Waals surface area contributed by atoms with Crippen LogP contribution in [0.2, 0.25) is 0 Å². The highest BCUT2D eigenvalue weighted by Gasteiger charge is 2.20. The molecule has 222 valence electrons. The van der Waals surface area contributed by atoms with Crippen LogP contribution < -0.4 is 0 Å². The lowest BCUT2D eigenvalue weighted by atomic mass is 9.84. The zero-order valence-corrected chi connectivity index (χ0v) is 25.8. The van der Waals surface area contributed by atoms with E-state index in [1.807, 2.05) is 12.1 Å². The van der Waals surface area contributed by atoms with Crippen LogP contribution in [0, 0.1) is 0 Å². The van der Waals surface area contributed by atoms with Crippen molar-refractivity contribution in [1.82, 2.24) is 0 Å². The number of benzene rings is 9. The predicted molar refractivity (Wildman–Crippen MR) is 202 cm³/mol. The molecule has 2 heteroatoms. The van der Waals surface area contributed by atoms with Gasteiger partial charge in [0.2, 0.25) is 0 Å². The first-order chi connectivity index (χ1) is 23.8. The Morgan fingerprint density at radius 3 is 1.44 bits per heavy atom. The fraction of sp³-hybridized carbons (Fsp3) is 0. The summed E-state index contributed by atoms with van der Waals surface area (Å²) in [6.45, 7) is 0. The molecule has 0 atom stereocenters. The number of fused-ring (bicyclic) bond motifs is 12. The highest BCUT2D eigenvalue weighted by molar-refractivity contribution is 6.26. The SMILES string of the molecule is c1ccc2c(-c3c4ccccc4c(-c4ccc5oc6c(ccc7c6ccc6c8ccccc8oc67)c5c4)c4ccccc34)cccc2c1. The first-order valence-corrected chi connectivity index (χ1v) is 16.4. The van der Waals surface area contributed by atoms with E-state index in [2.05, 4.69) is 146 Å². The first kappa shape index (κ1) is 25.8. The van der Waals surface area contributed by atoms with Gasteiger partial charge in [-0.2, -0.15) is 0 Å². The zero-order chi connectivity index (χ0) is 31.3. The second-order valence-electron chi connectivity index (χ2n) is 12.8. The molecule has 0 saturated heterocycles. The first-order valence-electron chi connectivity index (χ1n) is 16.4. The van der Waals surface area contributed by atoms with E-state index in [0.717, 1.165) is 54.6 Å². The summed E-state index contributed by atoms with van der Waals surface area (Å²) < 4.78 is 13.0. The summed E-state index contributed by atoms with van der Waals surface area (Å²) in [6.07, 6.45) is 0. The fourth-order valence-electron chi connectivity index (χ4n) is 8.15. The average Bonchev–Trinajstić information content (AvgIpc) is 3.72. The van der Waals surface area contributed by atoms with Crippen LogP contribution in [-0.2, 0) is 0 Å². The molecule has 2 nitrogen and oxygen atoms in total. The molecule has 0 saturated carbocycles. The lowest BCUT2D eigenvalue weighted by Crippen LogP contribution is -1.91. The Balaban J connectivity index is 1.19. The third-order valence-corrected chi connectivity index (χ3v) is 10.3. The van der Waals surface area contributed by atoms with Crippen molar-refractivity contribution in [2.75, 3.05) is 0 Å². The molecule has 0 spiro atoms. The van der Waals surface area contributed by atoms with Crippen LogP contribution in [-0.4, -0.2) is 0 Å². The summed E-state index contributed by atoms with van der Waals surface area (Å²) >= 11 is 0. The number of rotatable bonds is 2. The molecule has 0 fully saturated rings. The van der Waals surface area contributed by atoms with Gasteiger partial charge < -0.3 is 8.83 Å². The quantitative estimate of drug-likeness (QED) is 0.182. The van der Waals surface area contributed by atoms with E-state index in [9.17, 15) is 0 Å². The van der Waals surface area contributed by atoms with Crippen molar-refractivity contribution in [3.8, 4) is 22.3 Å². The van der Waals surface area contributed by atoms with Crippen molar-refractivity contribution < 1.29 is 8.83 Å². The largest absolute Gasteiger partial charge is 0.455 e. The van der Waals surface area contributed by atoms with E-state index in [0.29, 0.717) is 0 Å². The number of hydrogen-bond acceptors (Lipinski definition) is 2. The highest BCUT2D eigenvalue weighted by atomic mass is 16.3. The second kappa shape index (κ2) is 9.57. The lowest BCUT2D eigenvalue weighted by Gasteiger charge is -2.18.